The molecule has 0 aliphatic rings. The third-order valence-electron chi connectivity index (χ3n) is 4.72. The molecule has 0 bridgehead atoms. The molecule has 11 heteroatoms. The Hall–Kier alpha value is -3.21. The largest absolute Gasteiger partial charge is 0.328 e. The molecule has 0 aliphatic carbocycles. The summed E-state index contributed by atoms with van der Waals surface area (Å²) in [6.45, 7) is 0. The van der Waals surface area contributed by atoms with Crippen LogP contribution in [0.2, 0.25) is 5.02 Å². The van der Waals surface area contributed by atoms with Crippen LogP contribution in [0.3, 0.4) is 0 Å². The lowest BCUT2D eigenvalue weighted by atomic mass is 10.2. The van der Waals surface area contributed by atoms with Crippen LogP contribution in [0, 0.1) is 5.82 Å². The van der Waals surface area contributed by atoms with Crippen molar-refractivity contribution < 1.29 is 18.8 Å². The van der Waals surface area contributed by atoms with E-state index >= 15 is 0 Å². The third-order valence-corrected chi connectivity index (χ3v) is 6.03. The van der Waals surface area contributed by atoms with Gasteiger partial charge in [0.15, 0.2) is 0 Å². The molecule has 172 valence electrons. The molecule has 0 fully saturated rings. The summed E-state index contributed by atoms with van der Waals surface area (Å²) in [5.41, 5.74) is 3.13. The standard InChI is InChI=1S/C23H14Br2ClFN4O3/c24-13-6-8-19-12(9-13)10-20(21(32)28-17-4-2-1-3-15(17)26)31(19)30-23(34)22(33)29-18-7-5-14(25)11-16(18)27/h1-11H,(H,28,32)(H,29,33)(H,30,34). The van der Waals surface area contributed by atoms with Crippen molar-refractivity contribution in [1.29, 1.82) is 0 Å². The molecule has 3 amide bonds. The van der Waals surface area contributed by atoms with Crippen LogP contribution >= 0.6 is 43.5 Å². The average Bonchev–Trinajstić information content (AvgIpc) is 3.14. The Labute approximate surface area is 214 Å². The summed E-state index contributed by atoms with van der Waals surface area (Å²) in [6.07, 6.45) is 0. The molecule has 0 atom stereocenters. The molecule has 0 saturated heterocycles. The van der Waals surface area contributed by atoms with Gasteiger partial charge in [0.2, 0.25) is 0 Å². The van der Waals surface area contributed by atoms with Gasteiger partial charge in [0.1, 0.15) is 11.5 Å². The zero-order valence-electron chi connectivity index (χ0n) is 17.0. The van der Waals surface area contributed by atoms with Crippen molar-refractivity contribution in [2.75, 3.05) is 16.1 Å². The van der Waals surface area contributed by atoms with Crippen LogP contribution in [-0.4, -0.2) is 22.4 Å². The van der Waals surface area contributed by atoms with Crippen molar-refractivity contribution >= 4 is 83.5 Å². The van der Waals surface area contributed by atoms with E-state index in [1.165, 1.54) is 16.8 Å². The number of carbonyl (C=O) groups is 3. The Morgan fingerprint density at radius 2 is 1.53 bits per heavy atom. The number of fused-ring (bicyclic) bond motifs is 1. The third kappa shape index (κ3) is 5.14. The number of rotatable bonds is 4. The maximum Gasteiger partial charge on any atom is 0.328 e. The van der Waals surface area contributed by atoms with Crippen molar-refractivity contribution in [3.63, 3.8) is 0 Å². The number of aromatic nitrogens is 1. The Morgan fingerprint density at radius 1 is 0.824 bits per heavy atom. The predicted octanol–water partition coefficient (Wildman–Crippen LogP) is 5.92. The van der Waals surface area contributed by atoms with Crippen molar-refractivity contribution in [2.24, 2.45) is 0 Å². The topological polar surface area (TPSA) is 92.2 Å². The van der Waals surface area contributed by atoms with Crippen molar-refractivity contribution in [3.05, 3.63) is 92.2 Å². The maximum absolute atomic E-state index is 14.1. The molecule has 3 N–H and O–H groups in total. The van der Waals surface area contributed by atoms with Crippen molar-refractivity contribution in [3.8, 4) is 0 Å². The molecule has 1 aromatic heterocycles. The molecule has 0 unspecified atom stereocenters. The van der Waals surface area contributed by atoms with E-state index in [0.29, 0.717) is 26.1 Å². The highest BCUT2D eigenvalue weighted by Gasteiger charge is 2.22. The second kappa shape index (κ2) is 9.96. The lowest BCUT2D eigenvalue weighted by molar-refractivity contribution is -0.133. The quantitative estimate of drug-likeness (QED) is 0.251. The van der Waals surface area contributed by atoms with Gasteiger partial charge in [-0.3, -0.25) is 19.8 Å². The molecule has 34 heavy (non-hydrogen) atoms. The van der Waals surface area contributed by atoms with Crippen LogP contribution in [-0.2, 0) is 9.59 Å². The normalized spacial score (nSPS) is 10.7. The molecule has 1 heterocycles. The summed E-state index contributed by atoms with van der Waals surface area (Å²) in [7, 11) is 0. The van der Waals surface area contributed by atoms with E-state index in [4.69, 9.17) is 11.6 Å². The predicted molar refractivity (Wildman–Crippen MR) is 136 cm³/mol. The van der Waals surface area contributed by atoms with Gasteiger partial charge in [-0.2, -0.15) is 0 Å². The van der Waals surface area contributed by atoms with E-state index in [0.717, 1.165) is 10.5 Å². The van der Waals surface area contributed by atoms with Gasteiger partial charge < -0.3 is 10.6 Å². The molecule has 0 aliphatic heterocycles. The first kappa shape index (κ1) is 23.9. The molecule has 0 spiro atoms. The van der Waals surface area contributed by atoms with Gasteiger partial charge in [-0.05, 0) is 54.6 Å². The minimum atomic E-state index is -1.11. The van der Waals surface area contributed by atoms with E-state index in [9.17, 15) is 18.8 Å². The second-order valence-corrected chi connectivity index (χ2v) is 9.26. The van der Waals surface area contributed by atoms with Crippen molar-refractivity contribution in [1.82, 2.24) is 4.68 Å². The molecule has 4 aromatic rings. The summed E-state index contributed by atoms with van der Waals surface area (Å²) in [5.74, 6) is -3.50. The lowest BCUT2D eigenvalue weighted by Gasteiger charge is -2.13. The fourth-order valence-electron chi connectivity index (χ4n) is 3.14. The Balaban J connectivity index is 1.64. The van der Waals surface area contributed by atoms with Gasteiger partial charge in [-0.1, -0.05) is 55.6 Å². The fraction of sp³-hybridized carbons (Fsp3) is 0. The SMILES string of the molecule is O=C(Nc1ccc(Br)cc1F)C(=O)Nn1c(C(=O)Nc2ccccc2Cl)cc2cc(Br)ccc21. The second-order valence-electron chi connectivity index (χ2n) is 7.02. The van der Waals surface area contributed by atoms with Crippen LogP contribution in [0.4, 0.5) is 15.8 Å². The first-order valence-electron chi connectivity index (χ1n) is 9.67. The number of anilines is 2. The molecular weight excluding hydrogens is 595 g/mol. The number of halogens is 4. The van der Waals surface area contributed by atoms with E-state index < -0.39 is 23.5 Å². The van der Waals surface area contributed by atoms with Gasteiger partial charge in [0, 0.05) is 14.3 Å². The lowest BCUT2D eigenvalue weighted by Crippen LogP contribution is -2.36. The van der Waals surface area contributed by atoms with Crippen LogP contribution in [0.1, 0.15) is 10.5 Å². The summed E-state index contributed by atoms with van der Waals surface area (Å²) >= 11 is 12.6. The Bertz CT molecular complexity index is 1460. The van der Waals surface area contributed by atoms with Crippen LogP contribution in [0.15, 0.2) is 75.7 Å². The minimum Gasteiger partial charge on any atom is -0.319 e. The molecule has 7 nitrogen and oxygen atoms in total. The number of nitrogens with one attached hydrogen (secondary N) is 3. The van der Waals surface area contributed by atoms with Crippen molar-refractivity contribution in [2.45, 2.75) is 0 Å². The smallest absolute Gasteiger partial charge is 0.319 e. The minimum absolute atomic E-state index is 0.0454. The average molecular weight is 609 g/mol. The zero-order valence-corrected chi connectivity index (χ0v) is 21.0. The van der Waals surface area contributed by atoms with E-state index in [-0.39, 0.29) is 11.4 Å². The highest BCUT2D eigenvalue weighted by Crippen LogP contribution is 2.26. The number of carbonyl (C=O) groups excluding carboxylic acids is 3. The summed E-state index contributed by atoms with van der Waals surface area (Å²) < 4.78 is 16.5. The monoisotopic (exact) mass is 606 g/mol. The van der Waals surface area contributed by atoms with Gasteiger partial charge in [-0.15, -0.1) is 0 Å². The molecule has 4 rings (SSSR count). The van der Waals surface area contributed by atoms with E-state index in [2.05, 4.69) is 47.9 Å². The van der Waals surface area contributed by atoms with E-state index in [1.54, 1.807) is 48.5 Å². The fourth-order valence-corrected chi connectivity index (χ4v) is 4.04. The Kier molecular flexibility index (Phi) is 7.01. The summed E-state index contributed by atoms with van der Waals surface area (Å²) in [6, 6.07) is 17.4. The number of para-hydroxylation sites is 1. The molecule has 0 radical (unpaired) electrons. The first-order chi connectivity index (χ1) is 16.2. The number of hydrogen-bond acceptors (Lipinski definition) is 3. The highest BCUT2D eigenvalue weighted by atomic mass is 79.9. The molecular formula is C23H14Br2ClFN4O3. The number of nitrogens with zero attached hydrogens (tertiary/aromatic N) is 1. The molecule has 3 aromatic carbocycles. The summed E-state index contributed by atoms with van der Waals surface area (Å²) in [5, 5.41) is 5.86. The van der Waals surface area contributed by atoms with Crippen LogP contribution in [0.5, 0.6) is 0 Å². The van der Waals surface area contributed by atoms with Gasteiger partial charge in [0.25, 0.3) is 5.91 Å². The van der Waals surface area contributed by atoms with Gasteiger partial charge >= 0.3 is 11.8 Å². The van der Waals surface area contributed by atoms with E-state index in [1.807, 2.05) is 0 Å². The van der Waals surface area contributed by atoms with Gasteiger partial charge in [-0.25, -0.2) is 9.07 Å². The summed E-state index contributed by atoms with van der Waals surface area (Å²) in [4.78, 5) is 38.1. The molecule has 0 saturated carbocycles. The number of hydrogen-bond donors (Lipinski definition) is 3. The number of benzene rings is 3. The zero-order chi connectivity index (χ0) is 24.4. The first-order valence-corrected chi connectivity index (χ1v) is 11.6. The van der Waals surface area contributed by atoms with Crippen LogP contribution in [0.25, 0.3) is 10.9 Å². The van der Waals surface area contributed by atoms with Gasteiger partial charge in [0.05, 0.1) is 21.9 Å². The Morgan fingerprint density at radius 3 is 2.26 bits per heavy atom. The number of amides is 3. The maximum atomic E-state index is 14.1. The highest BCUT2D eigenvalue weighted by molar-refractivity contribution is 9.10. The van der Waals surface area contributed by atoms with Crippen LogP contribution < -0.4 is 16.1 Å².